The Kier molecular flexibility index (Phi) is 3.10. The van der Waals surface area contributed by atoms with Gasteiger partial charge in [0.2, 0.25) is 0 Å². The summed E-state index contributed by atoms with van der Waals surface area (Å²) in [5.74, 6) is 0. The number of hydrogen-bond acceptors (Lipinski definition) is 5. The first-order valence-corrected chi connectivity index (χ1v) is 5.84. The van der Waals surface area contributed by atoms with Crippen LogP contribution in [0.4, 0.5) is 11.4 Å². The molecule has 5 nitrogen and oxygen atoms in total. The zero-order valence-corrected chi connectivity index (χ0v) is 10.1. The fourth-order valence-electron chi connectivity index (χ4n) is 1.76. The van der Waals surface area contributed by atoms with Gasteiger partial charge in [-0.15, -0.1) is 10.2 Å². The number of benzene rings is 1. The summed E-state index contributed by atoms with van der Waals surface area (Å²) in [4.78, 5) is 4.00. The molecule has 0 aliphatic carbocycles. The van der Waals surface area contributed by atoms with E-state index in [0.29, 0.717) is 0 Å². The van der Waals surface area contributed by atoms with Gasteiger partial charge in [0.15, 0.2) is 0 Å². The van der Waals surface area contributed by atoms with E-state index >= 15 is 0 Å². The Labute approximate surface area is 110 Å². The van der Waals surface area contributed by atoms with Crippen LogP contribution in [0.3, 0.4) is 0 Å². The van der Waals surface area contributed by atoms with Crippen LogP contribution in [0.2, 0.25) is 0 Å². The van der Waals surface area contributed by atoms with E-state index in [0.717, 1.165) is 22.6 Å². The fraction of sp³-hybridized carbons (Fsp3) is 0. The molecule has 92 valence electrons. The van der Waals surface area contributed by atoms with Crippen LogP contribution >= 0.6 is 0 Å². The molecule has 1 aromatic carbocycles. The maximum absolute atomic E-state index is 4.09. The summed E-state index contributed by atoms with van der Waals surface area (Å²) in [6, 6.07) is 13.7. The Morgan fingerprint density at radius 2 is 1.68 bits per heavy atom. The Balaban J connectivity index is 1.99. The predicted octanol–water partition coefficient (Wildman–Crippen LogP) is 2.68. The molecule has 1 N–H and O–H groups in total. The average molecular weight is 249 g/mol. The molecule has 0 fully saturated rings. The number of anilines is 2. The van der Waals surface area contributed by atoms with Crippen LogP contribution in [0.5, 0.6) is 0 Å². The van der Waals surface area contributed by atoms with Crippen LogP contribution in [0.1, 0.15) is 0 Å². The van der Waals surface area contributed by atoms with Gasteiger partial charge in [0.25, 0.3) is 0 Å². The van der Waals surface area contributed by atoms with Gasteiger partial charge >= 0.3 is 0 Å². The van der Waals surface area contributed by atoms with E-state index in [1.807, 2.05) is 42.5 Å². The summed E-state index contributed by atoms with van der Waals surface area (Å²) in [6.45, 7) is 0. The Morgan fingerprint density at radius 3 is 2.47 bits per heavy atom. The van der Waals surface area contributed by atoms with Crippen LogP contribution in [0.25, 0.3) is 11.3 Å². The van der Waals surface area contributed by atoms with E-state index in [4.69, 9.17) is 0 Å². The molecular formula is C14H11N5. The number of nitrogens with one attached hydrogen (secondary N) is 1. The normalized spacial score (nSPS) is 10.1. The summed E-state index contributed by atoms with van der Waals surface area (Å²) in [6.07, 6.45) is 5.11. The molecule has 0 saturated heterocycles. The third-order valence-corrected chi connectivity index (χ3v) is 2.64. The number of para-hydroxylation sites is 1. The largest absolute Gasteiger partial charge is 0.352 e. The second kappa shape index (κ2) is 5.22. The molecule has 0 saturated carbocycles. The van der Waals surface area contributed by atoms with E-state index < -0.39 is 0 Å². The molecule has 0 unspecified atom stereocenters. The van der Waals surface area contributed by atoms with Gasteiger partial charge in [-0.05, 0) is 29.5 Å². The van der Waals surface area contributed by atoms with Crippen molar-refractivity contribution < 1.29 is 0 Å². The average Bonchev–Trinajstić information content (AvgIpc) is 2.50. The first-order valence-electron chi connectivity index (χ1n) is 5.84. The molecule has 0 atom stereocenters. The zero-order valence-electron chi connectivity index (χ0n) is 10.1. The van der Waals surface area contributed by atoms with Gasteiger partial charge in [0.05, 0.1) is 11.9 Å². The number of rotatable bonds is 3. The number of aromatic nitrogens is 4. The van der Waals surface area contributed by atoms with E-state index in [-0.39, 0.29) is 0 Å². The minimum atomic E-state index is 0.751. The van der Waals surface area contributed by atoms with E-state index in [2.05, 4.69) is 25.7 Å². The van der Waals surface area contributed by atoms with Gasteiger partial charge in [-0.25, -0.2) is 0 Å². The molecule has 0 radical (unpaired) electrons. The topological polar surface area (TPSA) is 63.6 Å². The van der Waals surface area contributed by atoms with Crippen LogP contribution in [-0.4, -0.2) is 20.4 Å². The number of nitrogens with zero attached hydrogens (tertiary/aromatic N) is 4. The van der Waals surface area contributed by atoms with Crippen molar-refractivity contribution in [3.63, 3.8) is 0 Å². The van der Waals surface area contributed by atoms with Gasteiger partial charge in [0, 0.05) is 23.6 Å². The third kappa shape index (κ3) is 2.55. The SMILES string of the molecule is c1ccc(Nc2cnnnc2-c2ccncc2)cc1. The molecule has 5 heteroatoms. The molecular weight excluding hydrogens is 238 g/mol. The molecule has 3 rings (SSSR count). The summed E-state index contributed by atoms with van der Waals surface area (Å²) in [7, 11) is 0. The molecule has 2 heterocycles. The summed E-state index contributed by atoms with van der Waals surface area (Å²) in [5.41, 5.74) is 3.49. The predicted molar refractivity (Wildman–Crippen MR) is 72.8 cm³/mol. The van der Waals surface area contributed by atoms with Crippen molar-refractivity contribution in [3.05, 3.63) is 61.1 Å². The highest BCUT2D eigenvalue weighted by atomic mass is 15.3. The molecule has 0 spiro atoms. The van der Waals surface area contributed by atoms with Gasteiger partial charge in [-0.3, -0.25) is 4.98 Å². The molecule has 0 aliphatic rings. The first kappa shape index (κ1) is 11.3. The lowest BCUT2D eigenvalue weighted by Crippen LogP contribution is -1.99. The van der Waals surface area contributed by atoms with Crippen molar-refractivity contribution in [2.45, 2.75) is 0 Å². The monoisotopic (exact) mass is 249 g/mol. The molecule has 0 bridgehead atoms. The highest BCUT2D eigenvalue weighted by molar-refractivity contribution is 5.76. The third-order valence-electron chi connectivity index (χ3n) is 2.64. The van der Waals surface area contributed by atoms with Crippen molar-refractivity contribution in [2.75, 3.05) is 5.32 Å². The standard InChI is InChI=1S/C14H11N5/c1-2-4-12(5-3-1)17-13-10-16-19-18-14(13)11-6-8-15-9-7-11/h1-10H,(H,17,19). The number of hydrogen-bond donors (Lipinski definition) is 1. The summed E-state index contributed by atoms with van der Waals surface area (Å²) < 4.78 is 0. The maximum Gasteiger partial charge on any atom is 0.120 e. The fourth-order valence-corrected chi connectivity index (χ4v) is 1.76. The van der Waals surface area contributed by atoms with E-state index in [1.165, 1.54) is 0 Å². The molecule has 0 aliphatic heterocycles. The van der Waals surface area contributed by atoms with Gasteiger partial charge < -0.3 is 5.32 Å². The van der Waals surface area contributed by atoms with Gasteiger partial charge in [0.1, 0.15) is 5.69 Å². The first-order chi connectivity index (χ1) is 9.43. The molecule has 2 aromatic heterocycles. The number of pyridine rings is 1. The molecule has 19 heavy (non-hydrogen) atoms. The van der Waals surface area contributed by atoms with Crippen molar-refractivity contribution in [1.29, 1.82) is 0 Å². The highest BCUT2D eigenvalue weighted by Gasteiger charge is 2.07. The Hall–Kier alpha value is -2.82. The maximum atomic E-state index is 4.09. The Bertz CT molecular complexity index is 655. The van der Waals surface area contributed by atoms with Crippen LogP contribution < -0.4 is 5.32 Å². The lowest BCUT2D eigenvalue weighted by molar-refractivity contribution is 0.873. The van der Waals surface area contributed by atoms with Crippen molar-refractivity contribution in [3.8, 4) is 11.3 Å². The van der Waals surface area contributed by atoms with Gasteiger partial charge in [-0.1, -0.05) is 18.2 Å². The Morgan fingerprint density at radius 1 is 0.895 bits per heavy atom. The minimum absolute atomic E-state index is 0.751. The van der Waals surface area contributed by atoms with Crippen molar-refractivity contribution in [2.24, 2.45) is 0 Å². The highest BCUT2D eigenvalue weighted by Crippen LogP contribution is 2.26. The summed E-state index contributed by atoms with van der Waals surface area (Å²) in [5, 5.41) is 14.9. The molecule has 3 aromatic rings. The summed E-state index contributed by atoms with van der Waals surface area (Å²) >= 11 is 0. The van der Waals surface area contributed by atoms with Crippen molar-refractivity contribution in [1.82, 2.24) is 20.4 Å². The van der Waals surface area contributed by atoms with E-state index in [9.17, 15) is 0 Å². The minimum Gasteiger partial charge on any atom is -0.352 e. The lowest BCUT2D eigenvalue weighted by Gasteiger charge is -2.09. The van der Waals surface area contributed by atoms with Crippen molar-refractivity contribution >= 4 is 11.4 Å². The second-order valence-corrected chi connectivity index (χ2v) is 3.92. The van der Waals surface area contributed by atoms with E-state index in [1.54, 1.807) is 18.6 Å². The van der Waals surface area contributed by atoms with Gasteiger partial charge in [-0.2, -0.15) is 0 Å². The lowest BCUT2D eigenvalue weighted by atomic mass is 10.1. The quantitative estimate of drug-likeness (QED) is 0.773. The second-order valence-electron chi connectivity index (χ2n) is 3.92. The zero-order chi connectivity index (χ0) is 12.9. The van der Waals surface area contributed by atoms with Crippen LogP contribution in [0, 0.1) is 0 Å². The molecule has 0 amide bonds. The van der Waals surface area contributed by atoms with Crippen LogP contribution in [0.15, 0.2) is 61.1 Å². The van der Waals surface area contributed by atoms with Crippen LogP contribution in [-0.2, 0) is 0 Å². The smallest absolute Gasteiger partial charge is 0.120 e.